The van der Waals surface area contributed by atoms with Crippen molar-refractivity contribution < 1.29 is 88.6 Å². The van der Waals surface area contributed by atoms with Gasteiger partial charge in [-0.2, -0.15) is 0 Å². The lowest BCUT2D eigenvalue weighted by Crippen LogP contribution is -2.51. The van der Waals surface area contributed by atoms with Gasteiger partial charge >= 0.3 is 12.0 Å². The summed E-state index contributed by atoms with van der Waals surface area (Å²) in [6.07, 6.45) is 7.45. The van der Waals surface area contributed by atoms with E-state index < -0.39 is 73.5 Å². The molecule has 3 aliphatic heterocycles. The molecule has 552 valence electrons. The zero-order chi connectivity index (χ0) is 73.9. The van der Waals surface area contributed by atoms with E-state index in [0.717, 1.165) is 77.8 Å². The summed E-state index contributed by atoms with van der Waals surface area (Å²) in [7, 11) is -7.76. The van der Waals surface area contributed by atoms with Gasteiger partial charge in [-0.05, 0) is 297 Å². The highest BCUT2D eigenvalue weighted by atomic mass is 32.2. The SMILES string of the molecule is COc1ccc(C(=O)Nc2ccc(S(=O)(=O)C3(C(=O)NO)CCC4(CCNCC4)C3)cc2)cc1.COc1ccc(C(=O)Oc2ccc(S(=O)(=O)C3(C(=O)NO)CCC4(CCNCC4)C3)cc2)cc1.COc1ccc(NC(=O)Nc2ccc(S(=O)(=O)C3(C(=O)NO)CCC4(CCNCC4)C3)cc2)cc1. The number of esters is 1. The van der Waals surface area contributed by atoms with E-state index in [1.807, 2.05) is 0 Å². The summed E-state index contributed by atoms with van der Waals surface area (Å²) >= 11 is 0. The van der Waals surface area contributed by atoms with E-state index in [1.165, 1.54) is 87.0 Å². The molecular weight excluding hydrogens is 1390 g/mol. The molecule has 3 heterocycles. The van der Waals surface area contributed by atoms with Crippen LogP contribution in [-0.4, -0.2) is 151 Å². The topological polar surface area (TPSA) is 411 Å². The van der Waals surface area contributed by atoms with Gasteiger partial charge in [0.1, 0.15) is 23.0 Å². The Labute approximate surface area is 597 Å². The van der Waals surface area contributed by atoms with Crippen LogP contribution in [0.2, 0.25) is 0 Å². The van der Waals surface area contributed by atoms with Crippen molar-refractivity contribution in [2.45, 2.75) is 125 Å². The molecule has 3 saturated carbocycles. The van der Waals surface area contributed by atoms with Crippen LogP contribution in [0.5, 0.6) is 23.0 Å². The number of carbonyl (C=O) groups is 6. The lowest BCUT2D eigenvalue weighted by atomic mass is 9.77. The molecule has 6 aromatic carbocycles. The number of hydrogen-bond acceptors (Lipinski definition) is 22. The maximum absolute atomic E-state index is 13.7. The molecule has 6 aliphatic rings. The number of hydrogen-bond donors (Lipinski definition) is 12. The fourth-order valence-electron chi connectivity index (χ4n) is 15.4. The first-order valence-corrected chi connectivity index (χ1v) is 38.2. The molecule has 0 bridgehead atoms. The molecule has 0 aromatic heterocycles. The van der Waals surface area contributed by atoms with Gasteiger partial charge in [0.15, 0.2) is 43.8 Å². The maximum Gasteiger partial charge on any atom is 0.343 e. The smallest absolute Gasteiger partial charge is 0.343 e. The Morgan fingerprint density at radius 1 is 0.350 bits per heavy atom. The van der Waals surface area contributed by atoms with Crippen LogP contribution in [0.1, 0.15) is 117 Å². The molecule has 3 aliphatic carbocycles. The second-order valence-electron chi connectivity index (χ2n) is 27.2. The number of anilines is 3. The fraction of sp³-hybridized carbons (Fsp3) is 0.417. The van der Waals surface area contributed by atoms with Crippen LogP contribution in [-0.2, 0) is 43.9 Å². The first-order chi connectivity index (χ1) is 49.2. The molecule has 3 atom stereocenters. The van der Waals surface area contributed by atoms with E-state index in [9.17, 15) is 69.6 Å². The van der Waals surface area contributed by atoms with Gasteiger partial charge in [0.25, 0.3) is 23.6 Å². The summed E-state index contributed by atoms with van der Waals surface area (Å²) in [5, 5.41) is 46.1. The van der Waals surface area contributed by atoms with Gasteiger partial charge in [-0.25, -0.2) is 51.3 Å². The van der Waals surface area contributed by atoms with Gasteiger partial charge in [-0.3, -0.25) is 34.8 Å². The Hall–Kier alpha value is -9.05. The summed E-state index contributed by atoms with van der Waals surface area (Å²) in [5.74, 6) is -1.58. The van der Waals surface area contributed by atoms with E-state index >= 15 is 0 Å². The molecule has 28 nitrogen and oxygen atoms in total. The lowest BCUT2D eigenvalue weighted by Gasteiger charge is -2.36. The number of nitrogens with one attached hydrogen (secondary N) is 9. The molecule has 12 N–H and O–H groups in total. The third-order valence-corrected chi connectivity index (χ3v) is 28.8. The predicted octanol–water partition coefficient (Wildman–Crippen LogP) is 7.92. The van der Waals surface area contributed by atoms with E-state index in [-0.39, 0.29) is 81.1 Å². The number of benzene rings is 6. The third-order valence-electron chi connectivity index (χ3n) is 21.5. The number of hydroxylamine groups is 3. The molecule has 6 fully saturated rings. The summed E-state index contributed by atoms with van der Waals surface area (Å²) in [6, 6.07) is 36.2. The highest BCUT2D eigenvalue weighted by Gasteiger charge is 2.63. The van der Waals surface area contributed by atoms with Crippen LogP contribution < -0.4 is 67.3 Å². The van der Waals surface area contributed by atoms with Gasteiger partial charge in [-0.15, -0.1) is 0 Å². The van der Waals surface area contributed by atoms with Crippen LogP contribution in [0.4, 0.5) is 21.9 Å². The number of sulfone groups is 3. The molecular formula is C72H87N9O19S3. The van der Waals surface area contributed by atoms with Crippen molar-refractivity contribution in [2.24, 2.45) is 16.2 Å². The Morgan fingerprint density at radius 2 is 0.621 bits per heavy atom. The number of urea groups is 1. The molecule has 31 heteroatoms. The average Bonchev–Trinajstić information content (AvgIpc) is 1.62. The molecule has 3 unspecified atom stereocenters. The summed E-state index contributed by atoms with van der Waals surface area (Å²) in [6.45, 7) is 4.64. The normalized spacial score (nSPS) is 21.6. The Morgan fingerprint density at radius 3 is 0.932 bits per heavy atom. The standard InChI is InChI=1S/C24H30N4O6S.C24H29N3O6S.C24H28N2O7S/c1-34-19-6-2-17(3-7-19)26-22(30)27-18-4-8-20(9-5-18)35(32,33)24(21(29)28-31)11-10-23(16-24)12-14-25-15-13-23;1-33-19-6-2-17(3-7-19)21(28)26-18-4-8-20(9-5-18)34(31,32)24(22(29)27-30)11-10-23(16-24)12-14-25-15-13-23;1-32-18-4-2-17(3-5-18)21(27)33-19-6-8-20(9-7-19)34(30,31)24(22(28)26-29)11-10-23(16-24)12-14-25-15-13-23/h2-9,25,31H,10-16H2,1H3,(H,28,29)(H2,26,27,30);2-9,25,30H,10-16H2,1H3,(H,26,28)(H,27,29);2-9,25,29H,10-16H2,1H3,(H,26,28). The Bertz CT molecular complexity index is 4200. The first-order valence-electron chi connectivity index (χ1n) is 33.8. The Kier molecular flexibility index (Phi) is 23.7. The number of rotatable bonds is 18. The zero-order valence-electron chi connectivity index (χ0n) is 57.3. The van der Waals surface area contributed by atoms with Crippen molar-refractivity contribution >= 4 is 82.2 Å². The highest BCUT2D eigenvalue weighted by Crippen LogP contribution is 2.57. The number of methoxy groups -OCH3 is 3. The van der Waals surface area contributed by atoms with Gasteiger partial charge in [-0.1, -0.05) is 0 Å². The van der Waals surface area contributed by atoms with Crippen LogP contribution >= 0.6 is 0 Å². The molecule has 3 saturated heterocycles. The van der Waals surface area contributed by atoms with Gasteiger partial charge in [0, 0.05) is 22.6 Å². The quantitative estimate of drug-likeness (QED) is 0.0168. The predicted molar refractivity (Wildman–Crippen MR) is 379 cm³/mol. The number of amides is 6. The second kappa shape index (κ2) is 31.9. The van der Waals surface area contributed by atoms with Crippen molar-refractivity contribution in [3.05, 3.63) is 157 Å². The molecule has 6 aromatic rings. The summed E-state index contributed by atoms with van der Waals surface area (Å²) in [4.78, 5) is 75.4. The molecule has 6 amide bonds. The van der Waals surface area contributed by atoms with Gasteiger partial charge in [0.05, 0.1) is 41.6 Å². The number of ether oxygens (including phenoxy) is 4. The van der Waals surface area contributed by atoms with Crippen molar-refractivity contribution in [3.8, 4) is 23.0 Å². The molecule has 12 rings (SSSR count). The van der Waals surface area contributed by atoms with Crippen molar-refractivity contribution in [3.63, 3.8) is 0 Å². The lowest BCUT2D eigenvalue weighted by molar-refractivity contribution is -0.132. The summed E-state index contributed by atoms with van der Waals surface area (Å²) in [5.41, 5.74) is 6.19. The minimum Gasteiger partial charge on any atom is -0.497 e. The van der Waals surface area contributed by atoms with Crippen molar-refractivity contribution in [1.29, 1.82) is 0 Å². The van der Waals surface area contributed by atoms with E-state index in [0.29, 0.717) is 64.7 Å². The summed E-state index contributed by atoms with van der Waals surface area (Å²) < 4.78 is 97.6. The van der Waals surface area contributed by atoms with E-state index in [4.69, 9.17) is 18.9 Å². The van der Waals surface area contributed by atoms with Crippen molar-refractivity contribution in [1.82, 2.24) is 32.4 Å². The molecule has 103 heavy (non-hydrogen) atoms. The minimum absolute atomic E-state index is 0.0236. The third kappa shape index (κ3) is 16.0. The van der Waals surface area contributed by atoms with E-state index in [2.05, 4.69) is 31.9 Å². The second-order valence-corrected chi connectivity index (χ2v) is 34.0. The monoisotopic (exact) mass is 1480 g/mol. The largest absolute Gasteiger partial charge is 0.497 e. The first kappa shape index (κ1) is 76.6. The van der Waals surface area contributed by atoms with Crippen molar-refractivity contribution in [2.75, 3.05) is 76.5 Å². The average molecular weight is 1480 g/mol. The van der Waals surface area contributed by atoms with E-state index in [1.54, 1.807) is 96.3 Å². The Balaban J connectivity index is 0.000000166. The van der Waals surface area contributed by atoms with Gasteiger partial charge < -0.3 is 50.8 Å². The fourth-order valence-corrected chi connectivity index (χ4v) is 21.8. The maximum atomic E-state index is 13.7. The van der Waals surface area contributed by atoms with Crippen LogP contribution in [0.25, 0.3) is 0 Å². The highest BCUT2D eigenvalue weighted by molar-refractivity contribution is 7.94. The zero-order valence-corrected chi connectivity index (χ0v) is 59.8. The number of piperidine rings is 3. The minimum atomic E-state index is -4.14. The number of carbonyl (C=O) groups excluding carboxylic acids is 6. The van der Waals surface area contributed by atoms with Crippen LogP contribution in [0, 0.1) is 16.2 Å². The molecule has 3 spiro atoms. The van der Waals surface area contributed by atoms with Crippen LogP contribution in [0.3, 0.4) is 0 Å². The van der Waals surface area contributed by atoms with Crippen LogP contribution in [0.15, 0.2) is 160 Å². The van der Waals surface area contributed by atoms with Gasteiger partial charge in [0.2, 0.25) is 0 Å². The molecule has 0 radical (unpaired) electrons.